The molecule has 0 radical (unpaired) electrons. The van der Waals surface area contributed by atoms with Crippen molar-refractivity contribution < 1.29 is 4.39 Å². The van der Waals surface area contributed by atoms with Gasteiger partial charge in [0.15, 0.2) is 0 Å². The molecule has 0 aromatic heterocycles. The number of halogens is 2. The van der Waals surface area contributed by atoms with Crippen molar-refractivity contribution >= 4 is 27.7 Å². The number of nitrogens with two attached hydrogens (primary N) is 2. The third kappa shape index (κ3) is 2.38. The highest BCUT2D eigenvalue weighted by Crippen LogP contribution is 2.43. The maximum atomic E-state index is 14.1. The van der Waals surface area contributed by atoms with Crippen LogP contribution in [0, 0.1) is 28.5 Å². The number of allylic oxidation sites excluding steroid dienone is 2. The first kappa shape index (κ1) is 14.4. The average molecular weight is 351 g/mol. The molecule has 100 valence electrons. The topological polar surface area (TPSA) is 99.6 Å². The fourth-order valence-corrected chi connectivity index (χ4v) is 3.06. The van der Waals surface area contributed by atoms with Crippen LogP contribution in [0.2, 0.25) is 0 Å². The van der Waals surface area contributed by atoms with Gasteiger partial charge in [-0.3, -0.25) is 0 Å². The lowest BCUT2D eigenvalue weighted by Crippen LogP contribution is -2.19. The maximum Gasteiger partial charge on any atom is 0.128 e. The first-order valence-electron chi connectivity index (χ1n) is 5.41. The molecule has 1 heterocycles. The van der Waals surface area contributed by atoms with Crippen molar-refractivity contribution in [3.63, 3.8) is 0 Å². The third-order valence-corrected chi connectivity index (χ3v) is 4.22. The Labute approximate surface area is 127 Å². The Kier molecular flexibility index (Phi) is 4.03. The number of hydrogen-bond donors (Lipinski definition) is 2. The molecule has 7 heteroatoms. The first-order valence-corrected chi connectivity index (χ1v) is 7.02. The van der Waals surface area contributed by atoms with E-state index in [9.17, 15) is 14.9 Å². The van der Waals surface area contributed by atoms with E-state index >= 15 is 0 Å². The Bertz CT molecular complexity index is 691. The minimum absolute atomic E-state index is 0.141. The molecule has 0 fully saturated rings. The number of thioether (sulfide) groups is 1. The number of nitrogens with zero attached hydrogens (tertiary/aromatic N) is 2. The van der Waals surface area contributed by atoms with Gasteiger partial charge < -0.3 is 11.5 Å². The molecule has 2 rings (SSSR count). The molecule has 1 aromatic carbocycles. The first-order chi connectivity index (χ1) is 9.49. The quantitative estimate of drug-likeness (QED) is 0.810. The fraction of sp³-hybridized carbons (Fsp3) is 0.0769. The van der Waals surface area contributed by atoms with Crippen molar-refractivity contribution in [1.29, 1.82) is 10.5 Å². The van der Waals surface area contributed by atoms with Gasteiger partial charge in [0.25, 0.3) is 0 Å². The van der Waals surface area contributed by atoms with Gasteiger partial charge in [0, 0.05) is 10.0 Å². The van der Waals surface area contributed by atoms with Crippen LogP contribution in [0.5, 0.6) is 0 Å². The molecule has 0 bridgehead atoms. The van der Waals surface area contributed by atoms with E-state index in [1.54, 1.807) is 6.07 Å². The van der Waals surface area contributed by atoms with E-state index in [1.807, 2.05) is 12.1 Å². The predicted octanol–water partition coefficient (Wildman–Crippen LogP) is 2.81. The molecular formula is C13H8BrFN4S. The van der Waals surface area contributed by atoms with Gasteiger partial charge in [-0.05, 0) is 12.1 Å². The summed E-state index contributed by atoms with van der Waals surface area (Å²) in [5, 5.41) is 18.8. The van der Waals surface area contributed by atoms with Crippen LogP contribution in [0.3, 0.4) is 0 Å². The van der Waals surface area contributed by atoms with Crippen LogP contribution in [0.4, 0.5) is 4.39 Å². The minimum atomic E-state index is -0.862. The molecule has 4 nitrogen and oxygen atoms in total. The Morgan fingerprint density at radius 2 is 1.70 bits per heavy atom. The highest BCUT2D eigenvalue weighted by atomic mass is 79.9. The van der Waals surface area contributed by atoms with Gasteiger partial charge in [0.1, 0.15) is 5.82 Å². The van der Waals surface area contributed by atoms with E-state index in [4.69, 9.17) is 11.5 Å². The van der Waals surface area contributed by atoms with Gasteiger partial charge in [-0.15, -0.1) is 0 Å². The van der Waals surface area contributed by atoms with Gasteiger partial charge in [0.05, 0.1) is 39.3 Å². The van der Waals surface area contributed by atoms with E-state index in [1.165, 1.54) is 12.1 Å². The Morgan fingerprint density at radius 3 is 2.15 bits per heavy atom. The zero-order valence-electron chi connectivity index (χ0n) is 10.0. The van der Waals surface area contributed by atoms with Crippen molar-refractivity contribution in [1.82, 2.24) is 0 Å². The van der Waals surface area contributed by atoms with Crippen molar-refractivity contribution in [2.75, 3.05) is 0 Å². The fourth-order valence-electron chi connectivity index (χ4n) is 1.94. The smallest absolute Gasteiger partial charge is 0.128 e. The maximum absolute atomic E-state index is 14.1. The molecule has 4 N–H and O–H groups in total. The van der Waals surface area contributed by atoms with Crippen LogP contribution in [-0.2, 0) is 0 Å². The van der Waals surface area contributed by atoms with Gasteiger partial charge >= 0.3 is 0 Å². The molecule has 1 aromatic rings. The summed E-state index contributed by atoms with van der Waals surface area (Å²) >= 11 is 4.11. The lowest BCUT2D eigenvalue weighted by atomic mass is 9.85. The predicted molar refractivity (Wildman–Crippen MR) is 78.1 cm³/mol. The number of nitriles is 2. The molecule has 0 aliphatic carbocycles. The van der Waals surface area contributed by atoms with Crippen LogP contribution in [0.25, 0.3) is 0 Å². The van der Waals surface area contributed by atoms with Gasteiger partial charge in [-0.1, -0.05) is 33.8 Å². The third-order valence-electron chi connectivity index (χ3n) is 2.84. The summed E-state index contributed by atoms with van der Waals surface area (Å²) in [6.07, 6.45) is 0. The zero-order valence-corrected chi connectivity index (χ0v) is 12.4. The summed E-state index contributed by atoms with van der Waals surface area (Å²) in [7, 11) is 0. The lowest BCUT2D eigenvalue weighted by Gasteiger charge is -2.23. The molecule has 20 heavy (non-hydrogen) atoms. The minimum Gasteiger partial charge on any atom is -0.392 e. The van der Waals surface area contributed by atoms with E-state index in [0.717, 1.165) is 11.8 Å². The van der Waals surface area contributed by atoms with Crippen molar-refractivity contribution in [3.8, 4) is 12.1 Å². The summed E-state index contributed by atoms with van der Waals surface area (Å²) in [5.74, 6) is -1.39. The molecule has 0 atom stereocenters. The Balaban J connectivity index is 2.69. The van der Waals surface area contributed by atoms with E-state index in [2.05, 4.69) is 15.9 Å². The largest absolute Gasteiger partial charge is 0.392 e. The van der Waals surface area contributed by atoms with E-state index in [-0.39, 0.29) is 26.8 Å². The number of benzene rings is 1. The summed E-state index contributed by atoms with van der Waals surface area (Å²) in [6.45, 7) is 0. The normalized spacial score (nSPS) is 16.0. The SMILES string of the molecule is N#CC1=C(N)SC(N)=C(C#N)C1c1ccc(Br)cc1F. The van der Waals surface area contributed by atoms with Crippen LogP contribution < -0.4 is 11.5 Å². The van der Waals surface area contributed by atoms with Crippen LogP contribution in [0.15, 0.2) is 43.9 Å². The second-order valence-electron chi connectivity index (χ2n) is 3.98. The van der Waals surface area contributed by atoms with E-state index in [0.29, 0.717) is 4.47 Å². The van der Waals surface area contributed by atoms with Gasteiger partial charge in [0.2, 0.25) is 0 Å². The zero-order chi connectivity index (χ0) is 14.9. The molecule has 0 spiro atoms. The molecule has 0 saturated heterocycles. The standard InChI is InChI=1S/C13H8BrFN4S/c14-6-1-2-7(10(15)3-6)11-8(4-16)12(18)20-13(19)9(11)5-17/h1-3,11H,18-19H2. The molecule has 0 unspecified atom stereocenters. The number of rotatable bonds is 1. The summed E-state index contributed by atoms with van der Waals surface area (Å²) in [5.41, 5.74) is 12.0. The van der Waals surface area contributed by atoms with E-state index < -0.39 is 11.7 Å². The lowest BCUT2D eigenvalue weighted by molar-refractivity contribution is 0.605. The van der Waals surface area contributed by atoms with Crippen LogP contribution in [-0.4, -0.2) is 0 Å². The Hall–Kier alpha value is -1.96. The van der Waals surface area contributed by atoms with Crippen molar-refractivity contribution in [3.05, 3.63) is 55.3 Å². The molecule has 0 saturated carbocycles. The summed E-state index contributed by atoms with van der Waals surface area (Å²) in [6, 6.07) is 8.30. The number of hydrogen-bond acceptors (Lipinski definition) is 5. The second-order valence-corrected chi connectivity index (χ2v) is 5.98. The summed E-state index contributed by atoms with van der Waals surface area (Å²) < 4.78 is 14.7. The van der Waals surface area contributed by atoms with Gasteiger partial charge in [-0.2, -0.15) is 10.5 Å². The highest BCUT2D eigenvalue weighted by Gasteiger charge is 2.32. The second kappa shape index (κ2) is 5.58. The van der Waals surface area contributed by atoms with Crippen molar-refractivity contribution in [2.24, 2.45) is 11.5 Å². The molecular weight excluding hydrogens is 343 g/mol. The molecule has 0 amide bonds. The monoisotopic (exact) mass is 350 g/mol. The van der Waals surface area contributed by atoms with Crippen LogP contribution in [0.1, 0.15) is 11.5 Å². The van der Waals surface area contributed by atoms with Gasteiger partial charge in [-0.25, -0.2) is 4.39 Å². The van der Waals surface area contributed by atoms with Crippen LogP contribution >= 0.6 is 27.7 Å². The Morgan fingerprint density at radius 1 is 1.15 bits per heavy atom. The molecule has 1 aliphatic rings. The molecule has 1 aliphatic heterocycles. The summed E-state index contributed by atoms with van der Waals surface area (Å²) in [4.78, 5) is 0. The average Bonchev–Trinajstić information content (AvgIpc) is 2.38. The van der Waals surface area contributed by atoms with Crippen molar-refractivity contribution in [2.45, 2.75) is 5.92 Å². The highest BCUT2D eigenvalue weighted by molar-refractivity contribution is 9.10.